The number of rotatable bonds is 5. The molecule has 0 spiro atoms. The van der Waals surface area contributed by atoms with E-state index in [0.717, 1.165) is 30.1 Å². The lowest BCUT2D eigenvalue weighted by atomic mass is 10.2. The fraction of sp³-hybridized carbons (Fsp3) is 0.727. The Morgan fingerprint density at radius 1 is 1.61 bits per heavy atom. The fourth-order valence-electron chi connectivity index (χ4n) is 2.02. The number of hydrogen-bond acceptors (Lipinski definition) is 5. The van der Waals surface area contributed by atoms with Crippen molar-refractivity contribution in [1.29, 1.82) is 0 Å². The molecule has 2 N–H and O–H groups in total. The van der Waals surface area contributed by atoms with E-state index in [9.17, 15) is 8.42 Å². The number of thiazole rings is 1. The molecule has 1 unspecified atom stereocenters. The first-order chi connectivity index (χ1) is 8.58. The van der Waals surface area contributed by atoms with Crippen LogP contribution in [0.1, 0.15) is 23.5 Å². The van der Waals surface area contributed by atoms with E-state index < -0.39 is 10.0 Å². The molecule has 0 bridgehead atoms. The summed E-state index contributed by atoms with van der Waals surface area (Å²) < 4.78 is 26.7. The van der Waals surface area contributed by atoms with Crippen LogP contribution in [-0.4, -0.2) is 38.3 Å². The molecule has 1 aromatic heterocycles. The molecule has 1 aliphatic rings. The molecular weight excluding hydrogens is 270 g/mol. The van der Waals surface area contributed by atoms with Gasteiger partial charge in [-0.3, -0.25) is 0 Å². The van der Waals surface area contributed by atoms with Crippen LogP contribution in [0.5, 0.6) is 0 Å². The minimum absolute atomic E-state index is 0.288. The van der Waals surface area contributed by atoms with E-state index in [-0.39, 0.29) is 5.25 Å². The summed E-state index contributed by atoms with van der Waals surface area (Å²) in [5.41, 5.74) is 0.995. The molecule has 1 aromatic rings. The van der Waals surface area contributed by atoms with Crippen molar-refractivity contribution in [2.24, 2.45) is 0 Å². The molecule has 5 nitrogen and oxygen atoms in total. The number of piperidine rings is 1. The minimum Gasteiger partial charge on any atom is -0.315 e. The van der Waals surface area contributed by atoms with Gasteiger partial charge in [0.2, 0.25) is 10.0 Å². The lowest BCUT2D eigenvalue weighted by molar-refractivity contribution is 0.490. The molecule has 18 heavy (non-hydrogen) atoms. The average Bonchev–Trinajstić information content (AvgIpc) is 2.76. The Balaban J connectivity index is 1.81. The molecule has 1 aliphatic heterocycles. The Morgan fingerprint density at radius 3 is 3.06 bits per heavy atom. The van der Waals surface area contributed by atoms with Crippen molar-refractivity contribution in [2.45, 2.75) is 31.4 Å². The maximum Gasteiger partial charge on any atom is 0.215 e. The molecule has 0 radical (unpaired) electrons. The summed E-state index contributed by atoms with van der Waals surface area (Å²) >= 11 is 1.58. The van der Waals surface area contributed by atoms with Gasteiger partial charge in [0, 0.05) is 30.6 Å². The van der Waals surface area contributed by atoms with E-state index in [0.29, 0.717) is 19.5 Å². The molecular formula is C11H19N3O2S2. The number of hydrogen-bond donors (Lipinski definition) is 2. The number of aryl methyl sites for hydroxylation is 1. The highest BCUT2D eigenvalue weighted by atomic mass is 32.2. The molecule has 1 saturated heterocycles. The summed E-state index contributed by atoms with van der Waals surface area (Å²) in [7, 11) is -3.18. The maximum absolute atomic E-state index is 12.0. The Bertz CT molecular complexity index is 478. The van der Waals surface area contributed by atoms with Gasteiger partial charge in [-0.1, -0.05) is 0 Å². The monoisotopic (exact) mass is 289 g/mol. The summed E-state index contributed by atoms with van der Waals surface area (Å²) in [4.78, 5) is 4.31. The molecule has 0 aromatic carbocycles. The van der Waals surface area contributed by atoms with Gasteiger partial charge in [-0.15, -0.1) is 11.3 Å². The zero-order valence-corrected chi connectivity index (χ0v) is 12.1. The standard InChI is InChI=1S/C11H19N3O2S2/c1-9-8-17-11(14-9)4-6-13-18(15,16)10-3-2-5-12-7-10/h8,10,12-13H,2-7H2,1H3. The van der Waals surface area contributed by atoms with E-state index in [4.69, 9.17) is 0 Å². The highest BCUT2D eigenvalue weighted by molar-refractivity contribution is 7.90. The van der Waals surface area contributed by atoms with Gasteiger partial charge in [-0.05, 0) is 26.3 Å². The fourth-order valence-corrected chi connectivity index (χ4v) is 4.23. The third-order valence-electron chi connectivity index (χ3n) is 3.00. The minimum atomic E-state index is -3.18. The van der Waals surface area contributed by atoms with Crippen molar-refractivity contribution in [3.8, 4) is 0 Å². The van der Waals surface area contributed by atoms with Gasteiger partial charge in [-0.2, -0.15) is 0 Å². The predicted molar refractivity (Wildman–Crippen MR) is 73.4 cm³/mol. The second kappa shape index (κ2) is 6.10. The molecule has 102 valence electrons. The van der Waals surface area contributed by atoms with Crippen LogP contribution in [0.2, 0.25) is 0 Å². The van der Waals surface area contributed by atoms with Crippen molar-refractivity contribution < 1.29 is 8.42 Å². The van der Waals surface area contributed by atoms with E-state index in [1.807, 2.05) is 12.3 Å². The molecule has 2 rings (SSSR count). The molecule has 0 amide bonds. The SMILES string of the molecule is Cc1csc(CCNS(=O)(=O)C2CCCNC2)n1. The van der Waals surface area contributed by atoms with E-state index in [1.165, 1.54) is 0 Å². The van der Waals surface area contributed by atoms with Gasteiger partial charge in [0.25, 0.3) is 0 Å². The predicted octanol–water partition coefficient (Wildman–Crippen LogP) is 0.665. The Morgan fingerprint density at radius 2 is 2.44 bits per heavy atom. The van der Waals surface area contributed by atoms with E-state index in [2.05, 4.69) is 15.0 Å². The van der Waals surface area contributed by atoms with Crippen LogP contribution in [0.3, 0.4) is 0 Å². The molecule has 0 aliphatic carbocycles. The lowest BCUT2D eigenvalue weighted by Gasteiger charge is -2.22. The summed E-state index contributed by atoms with van der Waals surface area (Å²) in [5, 5.41) is 5.80. The van der Waals surface area contributed by atoms with Gasteiger partial charge in [0.15, 0.2) is 0 Å². The normalized spacial score (nSPS) is 21.1. The van der Waals surface area contributed by atoms with Gasteiger partial charge >= 0.3 is 0 Å². The lowest BCUT2D eigenvalue weighted by Crippen LogP contribution is -2.44. The molecule has 1 fully saturated rings. The van der Waals surface area contributed by atoms with Gasteiger partial charge in [0.1, 0.15) is 0 Å². The maximum atomic E-state index is 12.0. The van der Waals surface area contributed by atoms with Crippen molar-refractivity contribution in [3.05, 3.63) is 16.1 Å². The van der Waals surface area contributed by atoms with Crippen LogP contribution in [-0.2, 0) is 16.4 Å². The molecule has 7 heteroatoms. The van der Waals surface area contributed by atoms with Gasteiger partial charge in [-0.25, -0.2) is 18.1 Å². The molecule has 2 heterocycles. The van der Waals surface area contributed by atoms with Crippen LogP contribution >= 0.6 is 11.3 Å². The molecule has 1 atom stereocenters. The van der Waals surface area contributed by atoms with Gasteiger partial charge < -0.3 is 5.32 Å². The van der Waals surface area contributed by atoms with Crippen molar-refractivity contribution in [1.82, 2.24) is 15.0 Å². The third kappa shape index (κ3) is 3.74. The second-order valence-corrected chi connectivity index (χ2v) is 7.53. The van der Waals surface area contributed by atoms with Crippen molar-refractivity contribution >= 4 is 21.4 Å². The highest BCUT2D eigenvalue weighted by Gasteiger charge is 2.26. The van der Waals surface area contributed by atoms with E-state index >= 15 is 0 Å². The first-order valence-electron chi connectivity index (χ1n) is 6.18. The summed E-state index contributed by atoms with van der Waals surface area (Å²) in [5.74, 6) is 0. The summed E-state index contributed by atoms with van der Waals surface area (Å²) in [6.45, 7) is 3.86. The first kappa shape index (κ1) is 13.9. The quantitative estimate of drug-likeness (QED) is 0.835. The summed E-state index contributed by atoms with van der Waals surface area (Å²) in [6, 6.07) is 0. The zero-order chi connectivity index (χ0) is 13.0. The van der Waals surface area contributed by atoms with E-state index in [1.54, 1.807) is 11.3 Å². The summed E-state index contributed by atoms with van der Waals surface area (Å²) in [6.07, 6.45) is 2.34. The van der Waals surface area contributed by atoms with Crippen molar-refractivity contribution in [3.63, 3.8) is 0 Å². The van der Waals surface area contributed by atoms with Crippen LogP contribution in [0.15, 0.2) is 5.38 Å². The van der Waals surface area contributed by atoms with Crippen LogP contribution in [0, 0.1) is 6.92 Å². The highest BCUT2D eigenvalue weighted by Crippen LogP contribution is 2.11. The number of nitrogens with zero attached hydrogens (tertiary/aromatic N) is 1. The topological polar surface area (TPSA) is 71.1 Å². The van der Waals surface area contributed by atoms with Gasteiger partial charge in [0.05, 0.1) is 10.3 Å². The van der Waals surface area contributed by atoms with Crippen molar-refractivity contribution in [2.75, 3.05) is 19.6 Å². The molecule has 0 saturated carbocycles. The first-order valence-corrected chi connectivity index (χ1v) is 8.61. The number of sulfonamides is 1. The van der Waals surface area contributed by atoms with Crippen LogP contribution < -0.4 is 10.0 Å². The van der Waals surface area contributed by atoms with Crippen LogP contribution in [0.4, 0.5) is 0 Å². The third-order valence-corrected chi connectivity index (χ3v) is 5.91. The second-order valence-electron chi connectivity index (χ2n) is 4.54. The largest absolute Gasteiger partial charge is 0.315 e. The number of aromatic nitrogens is 1. The zero-order valence-electron chi connectivity index (χ0n) is 10.5. The Labute approximate surface area is 112 Å². The Kier molecular flexibility index (Phi) is 4.71. The smallest absolute Gasteiger partial charge is 0.215 e. The Hall–Kier alpha value is -0.500. The number of nitrogens with one attached hydrogen (secondary N) is 2. The van der Waals surface area contributed by atoms with Crippen LogP contribution in [0.25, 0.3) is 0 Å². The average molecular weight is 289 g/mol.